The van der Waals surface area contributed by atoms with Gasteiger partial charge in [-0.3, -0.25) is 0 Å². The molecule has 2 nitrogen and oxygen atoms in total. The molecule has 1 rings (SSSR count). The molecule has 1 atom stereocenters. The molecule has 0 aromatic heterocycles. The molecule has 1 aromatic rings. The quantitative estimate of drug-likeness (QED) is 0.712. The van der Waals surface area contributed by atoms with Crippen molar-refractivity contribution in [3.05, 3.63) is 33.3 Å². The Hall–Kier alpha value is -0.0900. The fraction of sp³-hybridized carbons (Fsp3) is 0.600. The van der Waals surface area contributed by atoms with Crippen molar-refractivity contribution >= 4 is 27.5 Å². The lowest BCUT2D eigenvalue weighted by atomic mass is 9.89. The first-order chi connectivity index (χ1) is 9.04. The van der Waals surface area contributed by atoms with Crippen LogP contribution in [0.4, 0.5) is 0 Å². The smallest absolute Gasteiger partial charge is 0.0587 e. The van der Waals surface area contributed by atoms with Crippen LogP contribution in [0.5, 0.6) is 0 Å². The topological polar surface area (TPSA) is 21.3 Å². The molecule has 0 spiro atoms. The van der Waals surface area contributed by atoms with Crippen LogP contribution in [0.2, 0.25) is 5.02 Å². The first-order valence-electron chi connectivity index (χ1n) is 6.68. The Kier molecular flexibility index (Phi) is 8.00. The van der Waals surface area contributed by atoms with Crippen LogP contribution in [-0.2, 0) is 11.2 Å². The Labute approximate surface area is 130 Å². The fourth-order valence-corrected chi connectivity index (χ4v) is 2.73. The van der Waals surface area contributed by atoms with E-state index >= 15 is 0 Å². The number of halogens is 2. The van der Waals surface area contributed by atoms with Gasteiger partial charge in [0.25, 0.3) is 0 Å². The third kappa shape index (κ3) is 6.26. The zero-order valence-corrected chi connectivity index (χ0v) is 14.2. The second kappa shape index (κ2) is 8.96. The summed E-state index contributed by atoms with van der Waals surface area (Å²) in [5.41, 5.74) is 1.22. The van der Waals surface area contributed by atoms with Gasteiger partial charge in [0.2, 0.25) is 0 Å². The van der Waals surface area contributed by atoms with Crippen LogP contribution in [0.25, 0.3) is 0 Å². The van der Waals surface area contributed by atoms with Gasteiger partial charge in [-0.2, -0.15) is 0 Å². The Morgan fingerprint density at radius 2 is 2.11 bits per heavy atom. The predicted octanol–water partition coefficient (Wildman–Crippen LogP) is 4.15. The molecule has 19 heavy (non-hydrogen) atoms. The van der Waals surface area contributed by atoms with Crippen LogP contribution in [0.15, 0.2) is 22.7 Å². The number of hydrogen-bond donors (Lipinski definition) is 1. The minimum absolute atomic E-state index is 0.579. The predicted molar refractivity (Wildman–Crippen MR) is 85.9 cm³/mol. The second-order valence-electron chi connectivity index (χ2n) is 5.14. The highest BCUT2D eigenvalue weighted by molar-refractivity contribution is 9.10. The summed E-state index contributed by atoms with van der Waals surface area (Å²) < 4.78 is 6.07. The van der Waals surface area contributed by atoms with Gasteiger partial charge in [0.05, 0.1) is 6.61 Å². The van der Waals surface area contributed by atoms with Crippen molar-refractivity contribution in [1.29, 1.82) is 0 Å². The van der Waals surface area contributed by atoms with E-state index in [9.17, 15) is 0 Å². The largest absolute Gasteiger partial charge is 0.383 e. The molecule has 0 bridgehead atoms. The summed E-state index contributed by atoms with van der Waals surface area (Å²) in [6, 6.07) is 6.13. The van der Waals surface area contributed by atoms with Gasteiger partial charge in [0.1, 0.15) is 0 Å². The maximum atomic E-state index is 6.29. The fourth-order valence-electron chi connectivity index (χ4n) is 1.97. The van der Waals surface area contributed by atoms with Crippen molar-refractivity contribution in [2.75, 3.05) is 26.8 Å². The lowest BCUT2D eigenvalue weighted by molar-refractivity contribution is 0.196. The minimum Gasteiger partial charge on any atom is -0.383 e. The van der Waals surface area contributed by atoms with Gasteiger partial charge in [-0.05, 0) is 42.5 Å². The van der Waals surface area contributed by atoms with Crippen molar-refractivity contribution in [2.45, 2.75) is 20.3 Å². The van der Waals surface area contributed by atoms with Crippen molar-refractivity contribution in [3.63, 3.8) is 0 Å². The number of benzene rings is 1. The molecule has 0 aliphatic heterocycles. The average molecular weight is 349 g/mol. The van der Waals surface area contributed by atoms with Crippen LogP contribution in [-0.4, -0.2) is 26.8 Å². The van der Waals surface area contributed by atoms with E-state index in [-0.39, 0.29) is 0 Å². The molecule has 108 valence electrons. The number of ether oxygens (including phenoxy) is 1. The molecule has 0 aliphatic rings. The molecule has 1 N–H and O–H groups in total. The molecule has 1 unspecified atom stereocenters. The van der Waals surface area contributed by atoms with Crippen LogP contribution in [0.1, 0.15) is 19.4 Å². The molecule has 4 heteroatoms. The van der Waals surface area contributed by atoms with Gasteiger partial charge in [-0.15, -0.1) is 0 Å². The lowest BCUT2D eigenvalue weighted by Gasteiger charge is -2.22. The van der Waals surface area contributed by atoms with E-state index in [2.05, 4.69) is 47.2 Å². The standard InChI is InChI=1S/C15H23BrClNO/c1-11(2)13(10-18-6-7-19-3)8-12-4-5-14(16)9-15(12)17/h4-5,9,11,13,18H,6-8,10H2,1-3H3. The van der Waals surface area contributed by atoms with E-state index in [1.165, 1.54) is 5.56 Å². The van der Waals surface area contributed by atoms with Gasteiger partial charge >= 0.3 is 0 Å². The zero-order valence-electron chi connectivity index (χ0n) is 11.9. The maximum Gasteiger partial charge on any atom is 0.0587 e. The molecule has 0 saturated carbocycles. The molecule has 0 heterocycles. The van der Waals surface area contributed by atoms with Crippen molar-refractivity contribution < 1.29 is 4.74 Å². The SMILES string of the molecule is COCCNCC(Cc1ccc(Br)cc1Cl)C(C)C. The highest BCUT2D eigenvalue weighted by atomic mass is 79.9. The van der Waals surface area contributed by atoms with Crippen LogP contribution < -0.4 is 5.32 Å². The van der Waals surface area contributed by atoms with Crippen molar-refractivity contribution in [3.8, 4) is 0 Å². The first-order valence-corrected chi connectivity index (χ1v) is 7.85. The van der Waals surface area contributed by atoms with Gasteiger partial charge in [-0.25, -0.2) is 0 Å². The lowest BCUT2D eigenvalue weighted by Crippen LogP contribution is -2.30. The van der Waals surface area contributed by atoms with E-state index in [0.717, 1.165) is 35.6 Å². The van der Waals surface area contributed by atoms with Crippen molar-refractivity contribution in [2.24, 2.45) is 11.8 Å². The molecular formula is C15H23BrClNO. The van der Waals surface area contributed by atoms with Crippen LogP contribution >= 0.6 is 27.5 Å². The monoisotopic (exact) mass is 347 g/mol. The molecule has 0 fully saturated rings. The third-order valence-electron chi connectivity index (χ3n) is 3.33. The van der Waals surface area contributed by atoms with Crippen molar-refractivity contribution in [1.82, 2.24) is 5.32 Å². The van der Waals surface area contributed by atoms with Crippen LogP contribution in [0.3, 0.4) is 0 Å². The van der Waals surface area contributed by atoms with E-state index < -0.39 is 0 Å². The Balaban J connectivity index is 2.57. The maximum absolute atomic E-state index is 6.29. The Morgan fingerprint density at radius 3 is 2.68 bits per heavy atom. The summed E-state index contributed by atoms with van der Waals surface area (Å²) in [7, 11) is 1.73. The Morgan fingerprint density at radius 1 is 1.37 bits per heavy atom. The highest BCUT2D eigenvalue weighted by Crippen LogP contribution is 2.25. The van der Waals surface area contributed by atoms with Gasteiger partial charge < -0.3 is 10.1 Å². The highest BCUT2D eigenvalue weighted by Gasteiger charge is 2.15. The Bertz CT molecular complexity index is 384. The summed E-state index contributed by atoms with van der Waals surface area (Å²) in [5.74, 6) is 1.20. The van der Waals surface area contributed by atoms with Gasteiger partial charge in [-0.1, -0.05) is 47.4 Å². The summed E-state index contributed by atoms with van der Waals surface area (Å²) in [4.78, 5) is 0. The van der Waals surface area contributed by atoms with E-state index in [1.807, 2.05) is 6.07 Å². The van der Waals surface area contributed by atoms with Gasteiger partial charge in [0.15, 0.2) is 0 Å². The second-order valence-corrected chi connectivity index (χ2v) is 6.46. The number of rotatable bonds is 8. The summed E-state index contributed by atoms with van der Waals surface area (Å²) in [6.07, 6.45) is 1.00. The molecule has 0 radical (unpaired) electrons. The van der Waals surface area contributed by atoms with Gasteiger partial charge in [0, 0.05) is 23.1 Å². The van der Waals surface area contributed by atoms with Crippen LogP contribution in [0, 0.1) is 11.8 Å². The molecule has 0 amide bonds. The normalized spacial score (nSPS) is 12.9. The first kappa shape index (κ1) is 17.0. The summed E-state index contributed by atoms with van der Waals surface area (Å²) in [5, 5.41) is 4.29. The number of nitrogens with one attached hydrogen (secondary N) is 1. The molecule has 1 aromatic carbocycles. The molecule has 0 saturated heterocycles. The number of methoxy groups -OCH3 is 1. The third-order valence-corrected chi connectivity index (χ3v) is 4.17. The molecular weight excluding hydrogens is 326 g/mol. The molecule has 0 aliphatic carbocycles. The minimum atomic E-state index is 0.579. The van der Waals surface area contributed by atoms with E-state index in [1.54, 1.807) is 7.11 Å². The van der Waals surface area contributed by atoms with E-state index in [0.29, 0.717) is 11.8 Å². The van der Waals surface area contributed by atoms with E-state index in [4.69, 9.17) is 16.3 Å². The number of hydrogen-bond acceptors (Lipinski definition) is 2. The summed E-state index contributed by atoms with van der Waals surface area (Å²) in [6.45, 7) is 7.16. The zero-order chi connectivity index (χ0) is 14.3. The summed E-state index contributed by atoms with van der Waals surface area (Å²) >= 11 is 9.73. The average Bonchev–Trinajstić information content (AvgIpc) is 2.35.